The number of hydrogen-bond acceptors (Lipinski definition) is 5. The van der Waals surface area contributed by atoms with Crippen molar-refractivity contribution in [1.29, 1.82) is 0 Å². The Labute approximate surface area is 90.7 Å². The highest BCUT2D eigenvalue weighted by molar-refractivity contribution is 7.93. The molecule has 82 valence electrons. The zero-order valence-electron chi connectivity index (χ0n) is 7.19. The Hall–Kier alpha value is -1.09. The predicted octanol–water partition coefficient (Wildman–Crippen LogP) is -0.283. The van der Waals surface area contributed by atoms with E-state index in [2.05, 4.69) is 0 Å². The maximum atomic E-state index is 11.4. The molecule has 0 aromatic heterocycles. The molecule has 1 rings (SSSR count). The summed E-state index contributed by atoms with van der Waals surface area (Å²) < 4.78 is 41.6. The van der Waals surface area contributed by atoms with Gasteiger partial charge in [-0.3, -0.25) is 13.2 Å². The fourth-order valence-electron chi connectivity index (χ4n) is 0.871. The molecule has 6 nitrogen and oxygen atoms in total. The van der Waals surface area contributed by atoms with Crippen molar-refractivity contribution < 1.29 is 22.3 Å². The van der Waals surface area contributed by atoms with Gasteiger partial charge in [-0.15, -0.1) is 0 Å². The molecule has 0 aliphatic rings. The summed E-state index contributed by atoms with van der Waals surface area (Å²) in [7, 11) is 0. The fraction of sp³-hybridized carbons (Fsp3) is 0. The summed E-state index contributed by atoms with van der Waals surface area (Å²) in [5, 5.41) is 0. The SMILES string of the molecule is O=C(c1ccccc1)N(S(=O)[O-])S(=O)[O-]. The van der Waals surface area contributed by atoms with Crippen LogP contribution in [0.15, 0.2) is 30.3 Å². The van der Waals surface area contributed by atoms with Gasteiger partial charge in [-0.1, -0.05) is 18.2 Å². The van der Waals surface area contributed by atoms with Gasteiger partial charge in [-0.25, -0.2) is 0 Å². The number of nitrogens with zero attached hydrogens (tertiary/aromatic N) is 1. The van der Waals surface area contributed by atoms with E-state index in [0.29, 0.717) is 0 Å². The summed E-state index contributed by atoms with van der Waals surface area (Å²) >= 11 is -6.29. The average Bonchev–Trinajstić information content (AvgIpc) is 2.18. The average molecular weight is 247 g/mol. The first-order valence-electron chi connectivity index (χ1n) is 3.62. The van der Waals surface area contributed by atoms with Crippen LogP contribution in [0.3, 0.4) is 0 Å². The lowest BCUT2D eigenvalue weighted by Gasteiger charge is -2.25. The molecule has 0 bridgehead atoms. The van der Waals surface area contributed by atoms with Crippen LogP contribution in [0, 0.1) is 0 Å². The summed E-state index contributed by atoms with van der Waals surface area (Å²) in [4.78, 5) is 11.4. The zero-order chi connectivity index (χ0) is 11.4. The first-order valence-corrected chi connectivity index (χ1v) is 5.68. The van der Waals surface area contributed by atoms with Gasteiger partial charge < -0.3 is 9.11 Å². The van der Waals surface area contributed by atoms with Crippen LogP contribution in [0.25, 0.3) is 0 Å². The summed E-state index contributed by atoms with van der Waals surface area (Å²) in [6.07, 6.45) is 0. The van der Waals surface area contributed by atoms with Gasteiger partial charge in [0.2, 0.25) is 0 Å². The van der Waals surface area contributed by atoms with E-state index in [1.165, 1.54) is 24.3 Å². The molecule has 1 aromatic rings. The minimum atomic E-state index is -3.14. The molecule has 0 radical (unpaired) electrons. The standard InChI is InChI=1S/C7H7NO5S2/c9-7(6-4-2-1-3-5-6)8(14(10)11)15(12)13/h1-5H,(H,10,11)(H,12,13)/p-2. The largest absolute Gasteiger partial charge is 0.754 e. The molecule has 1 amide bonds. The number of carbonyl (C=O) groups is 1. The molecular formula is C7H5NO5S2-2. The van der Waals surface area contributed by atoms with E-state index in [0.717, 1.165) is 0 Å². The van der Waals surface area contributed by atoms with Crippen LogP contribution < -0.4 is 0 Å². The molecule has 8 heteroatoms. The van der Waals surface area contributed by atoms with Gasteiger partial charge in [0.1, 0.15) is 0 Å². The number of carbonyl (C=O) groups excluding carboxylic acids is 1. The molecule has 0 fully saturated rings. The Bertz CT molecular complexity index is 393. The van der Waals surface area contributed by atoms with Crippen LogP contribution in [0.1, 0.15) is 10.4 Å². The lowest BCUT2D eigenvalue weighted by molar-refractivity contribution is 0.0918. The molecule has 15 heavy (non-hydrogen) atoms. The van der Waals surface area contributed by atoms with Crippen LogP contribution >= 0.6 is 0 Å². The normalized spacial score (nSPS) is 14.3. The van der Waals surface area contributed by atoms with Gasteiger partial charge in [0.15, 0.2) is 0 Å². The van der Waals surface area contributed by atoms with Crippen LogP contribution in [0.4, 0.5) is 0 Å². The number of rotatable bonds is 3. The summed E-state index contributed by atoms with van der Waals surface area (Å²) in [5.41, 5.74) is -0.0223. The molecule has 2 unspecified atom stereocenters. The Balaban J connectivity index is 3.02. The van der Waals surface area contributed by atoms with E-state index in [-0.39, 0.29) is 9.27 Å². The van der Waals surface area contributed by atoms with E-state index in [9.17, 15) is 22.3 Å². The zero-order valence-corrected chi connectivity index (χ0v) is 8.82. The minimum Gasteiger partial charge on any atom is -0.754 e. The van der Waals surface area contributed by atoms with Crippen molar-refractivity contribution in [3.05, 3.63) is 35.9 Å². The molecule has 0 saturated heterocycles. The van der Waals surface area contributed by atoms with Gasteiger partial charge >= 0.3 is 0 Å². The van der Waals surface area contributed by atoms with Crippen LogP contribution in [0.5, 0.6) is 0 Å². The topological polar surface area (TPSA) is 101 Å². The monoisotopic (exact) mass is 247 g/mol. The van der Waals surface area contributed by atoms with Crippen molar-refractivity contribution in [2.24, 2.45) is 0 Å². The minimum absolute atomic E-state index is 0.0223. The Morgan fingerprint density at radius 1 is 1.07 bits per heavy atom. The Kier molecular flexibility index (Phi) is 4.09. The summed E-state index contributed by atoms with van der Waals surface area (Å²) in [6.45, 7) is 0. The van der Waals surface area contributed by atoms with E-state index in [1.54, 1.807) is 6.07 Å². The van der Waals surface area contributed by atoms with Gasteiger partial charge in [-0.2, -0.15) is 3.71 Å². The maximum absolute atomic E-state index is 11.4. The molecular weight excluding hydrogens is 242 g/mol. The van der Waals surface area contributed by atoms with Gasteiger partial charge in [0, 0.05) is 5.56 Å². The molecule has 0 spiro atoms. The maximum Gasteiger partial charge on any atom is 0.276 e. The van der Waals surface area contributed by atoms with Crippen LogP contribution in [-0.2, 0) is 22.5 Å². The van der Waals surface area contributed by atoms with Crippen molar-refractivity contribution in [3.63, 3.8) is 0 Å². The first kappa shape index (κ1) is 12.0. The summed E-state index contributed by atoms with van der Waals surface area (Å²) in [6, 6.07) is 7.23. The van der Waals surface area contributed by atoms with E-state index >= 15 is 0 Å². The van der Waals surface area contributed by atoms with Gasteiger partial charge in [0.25, 0.3) is 5.91 Å². The molecule has 0 heterocycles. The molecule has 0 N–H and O–H groups in total. The van der Waals surface area contributed by atoms with E-state index < -0.39 is 28.4 Å². The van der Waals surface area contributed by atoms with Crippen molar-refractivity contribution in [2.45, 2.75) is 0 Å². The number of benzene rings is 1. The smallest absolute Gasteiger partial charge is 0.276 e. The number of hydrogen-bond donors (Lipinski definition) is 0. The molecule has 0 aliphatic carbocycles. The summed E-state index contributed by atoms with van der Waals surface area (Å²) in [5.74, 6) is -1.11. The predicted molar refractivity (Wildman–Crippen MR) is 50.5 cm³/mol. The molecule has 0 saturated carbocycles. The van der Waals surface area contributed by atoms with Crippen molar-refractivity contribution in [3.8, 4) is 0 Å². The van der Waals surface area contributed by atoms with Crippen molar-refractivity contribution >= 4 is 28.4 Å². The highest BCUT2D eigenvalue weighted by Crippen LogP contribution is 2.07. The highest BCUT2D eigenvalue weighted by Gasteiger charge is 2.16. The van der Waals surface area contributed by atoms with E-state index in [4.69, 9.17) is 0 Å². The third-order valence-electron chi connectivity index (χ3n) is 1.46. The van der Waals surface area contributed by atoms with Crippen LogP contribution in [0.2, 0.25) is 0 Å². The second-order valence-corrected chi connectivity index (χ2v) is 4.19. The lowest BCUT2D eigenvalue weighted by atomic mass is 10.2. The first-order chi connectivity index (χ1) is 7.04. The highest BCUT2D eigenvalue weighted by atomic mass is 32.3. The molecule has 1 aromatic carbocycles. The van der Waals surface area contributed by atoms with Crippen LogP contribution in [-0.4, -0.2) is 27.1 Å². The van der Waals surface area contributed by atoms with Crippen molar-refractivity contribution in [1.82, 2.24) is 3.71 Å². The van der Waals surface area contributed by atoms with Crippen molar-refractivity contribution in [2.75, 3.05) is 0 Å². The van der Waals surface area contributed by atoms with E-state index in [1.807, 2.05) is 0 Å². The van der Waals surface area contributed by atoms with Gasteiger partial charge in [0.05, 0.1) is 22.5 Å². The second-order valence-electron chi connectivity index (χ2n) is 2.36. The third kappa shape index (κ3) is 2.93. The molecule has 2 atom stereocenters. The number of amides is 1. The third-order valence-corrected chi connectivity index (χ3v) is 3.06. The second kappa shape index (κ2) is 5.12. The quantitative estimate of drug-likeness (QED) is 0.683. The van der Waals surface area contributed by atoms with Gasteiger partial charge in [-0.05, 0) is 12.1 Å². The lowest BCUT2D eigenvalue weighted by Crippen LogP contribution is -2.34. The molecule has 0 aliphatic heterocycles. The Morgan fingerprint density at radius 3 is 1.93 bits per heavy atom. The fourth-order valence-corrected chi connectivity index (χ4v) is 1.75. The Morgan fingerprint density at radius 2 is 1.53 bits per heavy atom.